The third kappa shape index (κ3) is 5.54. The number of rotatable bonds is 8. The summed E-state index contributed by atoms with van der Waals surface area (Å²) in [5.41, 5.74) is 0.798. The standard InChI is InChI=1S/C14H22N2O4/c1-10(2)15-9-12-4-5-14(13(8-12)16(18)19)20-7-6-11(3)17/h4-5,8,10-11,15,17H,6-7,9H2,1-3H3. The van der Waals surface area contributed by atoms with Gasteiger partial charge in [0.1, 0.15) is 0 Å². The normalized spacial score (nSPS) is 12.4. The van der Waals surface area contributed by atoms with E-state index < -0.39 is 11.0 Å². The van der Waals surface area contributed by atoms with Crippen molar-refractivity contribution in [1.29, 1.82) is 0 Å². The van der Waals surface area contributed by atoms with Crippen LogP contribution in [0.15, 0.2) is 18.2 Å². The summed E-state index contributed by atoms with van der Waals surface area (Å²) < 4.78 is 5.37. The SMILES string of the molecule is CC(O)CCOc1ccc(CNC(C)C)cc1[N+](=O)[O-]. The first-order valence-corrected chi connectivity index (χ1v) is 6.71. The summed E-state index contributed by atoms with van der Waals surface area (Å²) in [6.07, 6.45) is -0.0445. The van der Waals surface area contributed by atoms with E-state index in [1.165, 1.54) is 6.07 Å². The van der Waals surface area contributed by atoms with Crippen LogP contribution in [0.2, 0.25) is 0 Å². The summed E-state index contributed by atoms with van der Waals surface area (Å²) in [4.78, 5) is 10.6. The highest BCUT2D eigenvalue weighted by molar-refractivity contribution is 5.48. The molecule has 2 N–H and O–H groups in total. The number of hydrogen-bond acceptors (Lipinski definition) is 5. The van der Waals surface area contributed by atoms with Crippen molar-refractivity contribution in [2.45, 2.75) is 45.9 Å². The van der Waals surface area contributed by atoms with E-state index in [0.717, 1.165) is 5.56 Å². The van der Waals surface area contributed by atoms with Crippen LogP contribution in [-0.4, -0.2) is 28.8 Å². The highest BCUT2D eigenvalue weighted by Gasteiger charge is 2.16. The fourth-order valence-electron chi connectivity index (χ4n) is 1.60. The summed E-state index contributed by atoms with van der Waals surface area (Å²) in [5.74, 6) is 0.240. The topological polar surface area (TPSA) is 84.6 Å². The predicted molar refractivity (Wildman–Crippen MR) is 76.9 cm³/mol. The molecule has 20 heavy (non-hydrogen) atoms. The van der Waals surface area contributed by atoms with E-state index in [0.29, 0.717) is 19.0 Å². The van der Waals surface area contributed by atoms with Crippen molar-refractivity contribution >= 4 is 5.69 Å². The van der Waals surface area contributed by atoms with Crippen LogP contribution in [0.1, 0.15) is 32.8 Å². The molecule has 1 rings (SSSR count). The number of aliphatic hydroxyl groups excluding tert-OH is 1. The monoisotopic (exact) mass is 282 g/mol. The van der Waals surface area contributed by atoms with Gasteiger partial charge in [-0.2, -0.15) is 0 Å². The van der Waals surface area contributed by atoms with Crippen LogP contribution in [0, 0.1) is 10.1 Å². The van der Waals surface area contributed by atoms with Crippen molar-refractivity contribution in [3.8, 4) is 5.75 Å². The Balaban J connectivity index is 2.77. The van der Waals surface area contributed by atoms with Gasteiger partial charge in [-0.05, 0) is 18.6 Å². The smallest absolute Gasteiger partial charge is 0.311 e. The Hall–Kier alpha value is -1.66. The molecule has 1 aromatic rings. The minimum atomic E-state index is -0.483. The van der Waals surface area contributed by atoms with Crippen molar-refractivity contribution in [3.63, 3.8) is 0 Å². The summed E-state index contributed by atoms with van der Waals surface area (Å²) >= 11 is 0. The second-order valence-corrected chi connectivity index (χ2v) is 5.08. The molecule has 0 bridgehead atoms. The van der Waals surface area contributed by atoms with Crippen molar-refractivity contribution < 1.29 is 14.8 Å². The molecule has 0 saturated carbocycles. The maximum Gasteiger partial charge on any atom is 0.311 e. The van der Waals surface area contributed by atoms with E-state index in [1.807, 2.05) is 13.8 Å². The molecule has 6 heteroatoms. The second kappa shape index (κ2) is 7.81. The fourth-order valence-corrected chi connectivity index (χ4v) is 1.60. The molecule has 6 nitrogen and oxygen atoms in total. The van der Waals surface area contributed by atoms with Gasteiger partial charge in [0.05, 0.1) is 17.6 Å². The molecule has 112 valence electrons. The number of nitrogens with zero attached hydrogens (tertiary/aromatic N) is 1. The van der Waals surface area contributed by atoms with Gasteiger partial charge in [0.2, 0.25) is 0 Å². The van der Waals surface area contributed by atoms with Gasteiger partial charge in [0, 0.05) is 25.1 Å². The molecule has 0 aliphatic carbocycles. The lowest BCUT2D eigenvalue weighted by atomic mass is 10.1. The Morgan fingerprint density at radius 1 is 1.40 bits per heavy atom. The molecular weight excluding hydrogens is 260 g/mol. The first-order chi connectivity index (χ1) is 9.40. The Morgan fingerprint density at radius 3 is 2.65 bits per heavy atom. The minimum absolute atomic E-state index is 0.0429. The van der Waals surface area contributed by atoms with Crippen LogP contribution in [0.3, 0.4) is 0 Å². The van der Waals surface area contributed by atoms with Gasteiger partial charge >= 0.3 is 5.69 Å². The zero-order valence-corrected chi connectivity index (χ0v) is 12.1. The lowest BCUT2D eigenvalue weighted by Crippen LogP contribution is -2.21. The number of benzene rings is 1. The van der Waals surface area contributed by atoms with Crippen LogP contribution in [0.4, 0.5) is 5.69 Å². The zero-order valence-electron chi connectivity index (χ0n) is 12.1. The van der Waals surface area contributed by atoms with Crippen LogP contribution in [0.25, 0.3) is 0 Å². The molecule has 1 atom stereocenters. The molecule has 0 fully saturated rings. The molecule has 0 amide bonds. The van der Waals surface area contributed by atoms with E-state index in [-0.39, 0.29) is 18.0 Å². The van der Waals surface area contributed by atoms with Gasteiger partial charge in [-0.1, -0.05) is 19.9 Å². The van der Waals surface area contributed by atoms with Crippen LogP contribution in [0.5, 0.6) is 5.75 Å². The van der Waals surface area contributed by atoms with Gasteiger partial charge in [-0.15, -0.1) is 0 Å². The minimum Gasteiger partial charge on any atom is -0.487 e. The molecule has 0 radical (unpaired) electrons. The highest BCUT2D eigenvalue weighted by atomic mass is 16.6. The molecule has 1 aromatic carbocycles. The van der Waals surface area contributed by atoms with Gasteiger partial charge in [0.25, 0.3) is 0 Å². The molecule has 1 unspecified atom stereocenters. The third-order valence-corrected chi connectivity index (χ3v) is 2.73. The summed E-state index contributed by atoms with van der Waals surface area (Å²) in [6.45, 7) is 6.51. The Kier molecular flexibility index (Phi) is 6.41. The number of aliphatic hydroxyl groups is 1. The average molecular weight is 282 g/mol. The van der Waals surface area contributed by atoms with Crippen LogP contribution in [-0.2, 0) is 6.54 Å². The van der Waals surface area contributed by atoms with E-state index >= 15 is 0 Å². The Morgan fingerprint density at radius 2 is 2.10 bits per heavy atom. The number of hydrogen-bond donors (Lipinski definition) is 2. The predicted octanol–water partition coefficient (Wildman–Crippen LogP) is 2.24. The van der Waals surface area contributed by atoms with Gasteiger partial charge in [-0.25, -0.2) is 0 Å². The number of nitrogens with one attached hydrogen (secondary N) is 1. The van der Waals surface area contributed by atoms with Gasteiger partial charge in [-0.3, -0.25) is 10.1 Å². The molecule has 0 saturated heterocycles. The second-order valence-electron chi connectivity index (χ2n) is 5.08. The lowest BCUT2D eigenvalue weighted by molar-refractivity contribution is -0.385. The maximum absolute atomic E-state index is 11.1. The highest BCUT2D eigenvalue weighted by Crippen LogP contribution is 2.28. The van der Waals surface area contributed by atoms with Crippen molar-refractivity contribution in [2.24, 2.45) is 0 Å². The number of nitro groups is 1. The van der Waals surface area contributed by atoms with Crippen molar-refractivity contribution in [2.75, 3.05) is 6.61 Å². The van der Waals surface area contributed by atoms with Gasteiger partial charge in [0.15, 0.2) is 5.75 Å². The van der Waals surface area contributed by atoms with E-state index in [2.05, 4.69) is 5.32 Å². The average Bonchev–Trinajstić information content (AvgIpc) is 2.36. The molecular formula is C14H22N2O4. The Bertz CT molecular complexity index is 447. The molecule has 0 aromatic heterocycles. The van der Waals surface area contributed by atoms with Gasteiger partial charge < -0.3 is 15.2 Å². The lowest BCUT2D eigenvalue weighted by Gasteiger charge is -2.11. The first kappa shape index (κ1) is 16.4. The first-order valence-electron chi connectivity index (χ1n) is 6.71. The summed E-state index contributed by atoms with van der Waals surface area (Å²) in [6, 6.07) is 5.25. The third-order valence-electron chi connectivity index (χ3n) is 2.73. The van der Waals surface area contributed by atoms with Crippen molar-refractivity contribution in [1.82, 2.24) is 5.32 Å². The number of nitro benzene ring substituents is 1. The largest absolute Gasteiger partial charge is 0.487 e. The van der Waals surface area contributed by atoms with Crippen LogP contribution < -0.4 is 10.1 Å². The summed E-state index contributed by atoms with van der Waals surface area (Å²) in [7, 11) is 0. The zero-order chi connectivity index (χ0) is 15.1. The summed E-state index contributed by atoms with van der Waals surface area (Å²) in [5, 5.41) is 23.4. The molecule has 0 heterocycles. The molecule has 0 aliphatic rings. The maximum atomic E-state index is 11.1. The molecule has 0 aliphatic heterocycles. The molecule has 0 spiro atoms. The van der Waals surface area contributed by atoms with Crippen molar-refractivity contribution in [3.05, 3.63) is 33.9 Å². The van der Waals surface area contributed by atoms with E-state index in [4.69, 9.17) is 9.84 Å². The number of ether oxygens (including phenoxy) is 1. The quantitative estimate of drug-likeness (QED) is 0.564. The fraction of sp³-hybridized carbons (Fsp3) is 0.571. The van der Waals surface area contributed by atoms with E-state index in [1.54, 1.807) is 19.1 Å². The van der Waals surface area contributed by atoms with E-state index in [9.17, 15) is 10.1 Å². The Labute approximate surface area is 118 Å². The van der Waals surface area contributed by atoms with Crippen LogP contribution >= 0.6 is 0 Å².